The molecule has 0 radical (unpaired) electrons. The number of nitrogens with zero attached hydrogens (tertiary/aromatic N) is 1. The van der Waals surface area contributed by atoms with Crippen molar-refractivity contribution >= 4 is 11.8 Å². The fraction of sp³-hybridized carbons (Fsp3) is 0.312. The molecule has 1 aromatic carbocycles. The average molecular weight is 288 g/mol. The molecular weight excluding hydrogens is 268 g/mol. The van der Waals surface area contributed by atoms with Crippen LogP contribution in [-0.2, 0) is 0 Å². The van der Waals surface area contributed by atoms with E-state index in [4.69, 9.17) is 10.5 Å². The highest BCUT2D eigenvalue weighted by atomic mass is 32.2. The molecule has 2 unspecified atom stereocenters. The van der Waals surface area contributed by atoms with Crippen molar-refractivity contribution in [2.45, 2.75) is 29.7 Å². The minimum atomic E-state index is 0.0930. The Hall–Kier alpha value is -1.52. The molecule has 106 valence electrons. The van der Waals surface area contributed by atoms with E-state index in [2.05, 4.69) is 24.0 Å². The largest absolute Gasteiger partial charge is 0.497 e. The standard InChI is InChI=1S/C16H20N2OS/c1-3-14(17)16(20-15-6-4-5-11-18-15)12-7-9-13(19-2)10-8-12/h4-11,14,16H,3,17H2,1-2H3. The van der Waals surface area contributed by atoms with E-state index in [1.165, 1.54) is 5.56 Å². The molecule has 1 aromatic heterocycles. The zero-order valence-corrected chi connectivity index (χ0v) is 12.6. The van der Waals surface area contributed by atoms with Gasteiger partial charge in [-0.2, -0.15) is 0 Å². The highest BCUT2D eigenvalue weighted by Crippen LogP contribution is 2.37. The summed E-state index contributed by atoms with van der Waals surface area (Å²) in [6.45, 7) is 2.11. The normalized spacial score (nSPS) is 13.8. The number of pyridine rings is 1. The minimum absolute atomic E-state index is 0.0930. The first-order chi connectivity index (χ1) is 9.74. The number of benzene rings is 1. The van der Waals surface area contributed by atoms with E-state index < -0.39 is 0 Å². The summed E-state index contributed by atoms with van der Waals surface area (Å²) in [6, 6.07) is 14.1. The maximum Gasteiger partial charge on any atom is 0.118 e. The molecule has 4 heteroatoms. The molecule has 0 bridgehead atoms. The van der Waals surface area contributed by atoms with Crippen LogP contribution in [-0.4, -0.2) is 18.1 Å². The molecule has 0 saturated heterocycles. The Kier molecular flexibility index (Phi) is 5.44. The number of nitrogens with two attached hydrogens (primary N) is 1. The van der Waals surface area contributed by atoms with Crippen LogP contribution in [0.25, 0.3) is 0 Å². The number of ether oxygens (including phenoxy) is 1. The Bertz CT molecular complexity index is 516. The zero-order valence-electron chi connectivity index (χ0n) is 11.8. The van der Waals surface area contributed by atoms with Crippen LogP contribution in [0.4, 0.5) is 0 Å². The van der Waals surface area contributed by atoms with Gasteiger partial charge in [-0.15, -0.1) is 0 Å². The monoisotopic (exact) mass is 288 g/mol. The maximum absolute atomic E-state index is 6.29. The van der Waals surface area contributed by atoms with Crippen molar-refractivity contribution in [1.29, 1.82) is 0 Å². The number of thioether (sulfide) groups is 1. The maximum atomic E-state index is 6.29. The Morgan fingerprint density at radius 2 is 1.95 bits per heavy atom. The fourth-order valence-corrected chi connectivity index (χ4v) is 3.16. The van der Waals surface area contributed by atoms with Crippen LogP contribution < -0.4 is 10.5 Å². The summed E-state index contributed by atoms with van der Waals surface area (Å²) in [4.78, 5) is 4.38. The molecule has 0 aliphatic carbocycles. The van der Waals surface area contributed by atoms with E-state index in [9.17, 15) is 0 Å². The van der Waals surface area contributed by atoms with Gasteiger partial charge in [-0.3, -0.25) is 0 Å². The van der Waals surface area contributed by atoms with Crippen LogP contribution in [0.1, 0.15) is 24.2 Å². The topological polar surface area (TPSA) is 48.1 Å². The Balaban J connectivity index is 2.22. The van der Waals surface area contributed by atoms with E-state index in [0.717, 1.165) is 17.2 Å². The first-order valence-electron chi connectivity index (χ1n) is 6.71. The molecule has 3 nitrogen and oxygen atoms in total. The summed E-state index contributed by atoms with van der Waals surface area (Å²) in [5.41, 5.74) is 7.49. The molecule has 0 fully saturated rings. The third-order valence-corrected chi connectivity index (χ3v) is 4.55. The van der Waals surface area contributed by atoms with Gasteiger partial charge in [-0.25, -0.2) is 4.98 Å². The summed E-state index contributed by atoms with van der Waals surface area (Å²) in [5, 5.41) is 1.19. The lowest BCUT2D eigenvalue weighted by molar-refractivity contribution is 0.414. The van der Waals surface area contributed by atoms with Gasteiger partial charge in [0, 0.05) is 12.2 Å². The summed E-state index contributed by atoms with van der Waals surface area (Å²) >= 11 is 1.71. The third kappa shape index (κ3) is 3.74. The zero-order chi connectivity index (χ0) is 14.4. The van der Waals surface area contributed by atoms with Crippen LogP contribution in [0.2, 0.25) is 0 Å². The van der Waals surface area contributed by atoms with Crippen molar-refractivity contribution < 1.29 is 4.74 Å². The molecule has 20 heavy (non-hydrogen) atoms. The predicted molar refractivity (Wildman–Crippen MR) is 84.1 cm³/mol. The van der Waals surface area contributed by atoms with Crippen LogP contribution in [0.3, 0.4) is 0 Å². The van der Waals surface area contributed by atoms with Crippen molar-refractivity contribution in [3.05, 3.63) is 54.2 Å². The Morgan fingerprint density at radius 1 is 1.20 bits per heavy atom. The highest BCUT2D eigenvalue weighted by Gasteiger charge is 2.20. The highest BCUT2D eigenvalue weighted by molar-refractivity contribution is 7.99. The molecule has 0 aliphatic rings. The van der Waals surface area contributed by atoms with Gasteiger partial charge in [0.25, 0.3) is 0 Å². The van der Waals surface area contributed by atoms with Crippen molar-refractivity contribution in [2.75, 3.05) is 7.11 Å². The van der Waals surface area contributed by atoms with Gasteiger partial charge in [0.2, 0.25) is 0 Å². The first kappa shape index (κ1) is 14.9. The summed E-state index contributed by atoms with van der Waals surface area (Å²) in [6.07, 6.45) is 2.74. The molecule has 0 amide bonds. The second-order valence-electron chi connectivity index (χ2n) is 4.55. The molecule has 2 aromatic rings. The predicted octanol–water partition coefficient (Wildman–Crippen LogP) is 3.66. The first-order valence-corrected chi connectivity index (χ1v) is 7.59. The van der Waals surface area contributed by atoms with Gasteiger partial charge in [0.05, 0.1) is 17.4 Å². The lowest BCUT2D eigenvalue weighted by Gasteiger charge is -2.22. The average Bonchev–Trinajstić information content (AvgIpc) is 2.53. The van der Waals surface area contributed by atoms with E-state index in [0.29, 0.717) is 0 Å². The second kappa shape index (κ2) is 7.31. The minimum Gasteiger partial charge on any atom is -0.497 e. The van der Waals surface area contributed by atoms with Gasteiger partial charge >= 0.3 is 0 Å². The molecule has 0 saturated carbocycles. The Morgan fingerprint density at radius 3 is 2.50 bits per heavy atom. The Labute approximate surface area is 124 Å². The van der Waals surface area contributed by atoms with Gasteiger partial charge in [0.15, 0.2) is 0 Å². The van der Waals surface area contributed by atoms with E-state index >= 15 is 0 Å². The number of hydrogen-bond donors (Lipinski definition) is 1. The van der Waals surface area contributed by atoms with E-state index in [1.807, 2.05) is 36.5 Å². The molecule has 2 atom stereocenters. The lowest BCUT2D eigenvalue weighted by Crippen LogP contribution is -2.25. The van der Waals surface area contributed by atoms with Gasteiger partial charge < -0.3 is 10.5 Å². The smallest absolute Gasteiger partial charge is 0.118 e. The van der Waals surface area contributed by atoms with Crippen LogP contribution in [0.15, 0.2) is 53.7 Å². The summed E-state index contributed by atoms with van der Waals surface area (Å²) in [7, 11) is 1.67. The number of aromatic nitrogens is 1. The van der Waals surface area contributed by atoms with Crippen LogP contribution >= 0.6 is 11.8 Å². The van der Waals surface area contributed by atoms with Gasteiger partial charge in [0.1, 0.15) is 5.75 Å². The third-order valence-electron chi connectivity index (χ3n) is 3.19. The van der Waals surface area contributed by atoms with Crippen LogP contribution in [0.5, 0.6) is 5.75 Å². The fourth-order valence-electron chi connectivity index (χ4n) is 1.96. The lowest BCUT2D eigenvalue weighted by atomic mass is 10.0. The van der Waals surface area contributed by atoms with Crippen molar-refractivity contribution in [3.8, 4) is 5.75 Å². The number of rotatable bonds is 6. The summed E-state index contributed by atoms with van der Waals surface area (Å²) in [5.74, 6) is 0.861. The molecule has 2 rings (SSSR count). The van der Waals surface area contributed by atoms with E-state index in [1.54, 1.807) is 18.9 Å². The number of hydrogen-bond acceptors (Lipinski definition) is 4. The molecule has 2 N–H and O–H groups in total. The van der Waals surface area contributed by atoms with Crippen molar-refractivity contribution in [1.82, 2.24) is 4.98 Å². The van der Waals surface area contributed by atoms with Crippen molar-refractivity contribution in [2.24, 2.45) is 5.73 Å². The van der Waals surface area contributed by atoms with Crippen molar-refractivity contribution in [3.63, 3.8) is 0 Å². The number of methoxy groups -OCH3 is 1. The van der Waals surface area contributed by atoms with E-state index in [-0.39, 0.29) is 11.3 Å². The molecule has 0 aliphatic heterocycles. The molecule has 0 spiro atoms. The van der Waals surface area contributed by atoms with Crippen LogP contribution in [0, 0.1) is 0 Å². The van der Waals surface area contributed by atoms with Gasteiger partial charge in [-0.1, -0.05) is 36.9 Å². The summed E-state index contributed by atoms with van der Waals surface area (Å²) < 4.78 is 5.20. The SMILES string of the molecule is CCC(N)C(Sc1ccccn1)c1ccc(OC)cc1. The second-order valence-corrected chi connectivity index (χ2v) is 5.71. The molecule has 1 heterocycles. The molecular formula is C16H20N2OS. The quantitative estimate of drug-likeness (QED) is 0.824. The van der Waals surface area contributed by atoms with Gasteiger partial charge in [-0.05, 0) is 36.2 Å².